The molecule has 0 saturated heterocycles. The summed E-state index contributed by atoms with van der Waals surface area (Å²) in [5.74, 6) is 6.83. The first-order valence-corrected chi connectivity index (χ1v) is 10.6. The molecule has 2 aliphatic carbocycles. The molecule has 36 heavy (non-hydrogen) atoms. The van der Waals surface area contributed by atoms with Gasteiger partial charge in [-0.05, 0) is 64.2 Å². The maximum absolute atomic E-state index is 6.69. The van der Waals surface area contributed by atoms with Gasteiger partial charge in [0.05, 0.1) is 0 Å². The average molecular weight is 532 g/mol. The first kappa shape index (κ1) is 36.0. The van der Waals surface area contributed by atoms with Gasteiger partial charge in [-0.25, -0.2) is 0 Å². The second kappa shape index (κ2) is 27.4. The van der Waals surface area contributed by atoms with Crippen LogP contribution in [0.25, 0.3) is 0 Å². The van der Waals surface area contributed by atoms with Crippen LogP contribution in [-0.4, -0.2) is 0 Å². The first-order chi connectivity index (χ1) is 16.8. The molecular formula is C34H25LiZr. The van der Waals surface area contributed by atoms with Crippen LogP contribution in [0.15, 0.2) is 91.0 Å². The summed E-state index contributed by atoms with van der Waals surface area (Å²) in [5.41, 5.74) is 2.48. The Labute approximate surface area is 252 Å². The summed E-state index contributed by atoms with van der Waals surface area (Å²) in [7, 11) is 0. The van der Waals surface area contributed by atoms with E-state index in [0.717, 1.165) is 16.7 Å². The van der Waals surface area contributed by atoms with Crippen LogP contribution in [0, 0.1) is 101 Å². The Bertz CT molecular complexity index is 826. The van der Waals surface area contributed by atoms with Gasteiger partial charge in [0.1, 0.15) is 0 Å². The molecule has 5 rings (SSSR count). The van der Waals surface area contributed by atoms with Crippen molar-refractivity contribution in [2.45, 2.75) is 0 Å². The minimum absolute atomic E-state index is 0. The fourth-order valence-corrected chi connectivity index (χ4v) is 2.21. The predicted molar refractivity (Wildman–Crippen MR) is 141 cm³/mol. The molecule has 0 N–H and O–H groups in total. The van der Waals surface area contributed by atoms with E-state index in [2.05, 4.69) is 17.8 Å². The van der Waals surface area contributed by atoms with Crippen LogP contribution in [0.5, 0.6) is 0 Å². The van der Waals surface area contributed by atoms with Crippen molar-refractivity contribution >= 4 is 0 Å². The third kappa shape index (κ3) is 21.1. The van der Waals surface area contributed by atoms with Crippen LogP contribution in [0.3, 0.4) is 0 Å². The summed E-state index contributed by atoms with van der Waals surface area (Å²) >= 11 is 0. The van der Waals surface area contributed by atoms with E-state index in [4.69, 9.17) is 19.3 Å². The molecule has 3 aromatic rings. The third-order valence-electron chi connectivity index (χ3n) is 3.87. The van der Waals surface area contributed by atoms with E-state index >= 15 is 0 Å². The predicted octanol–water partition coefficient (Wildman–Crippen LogP) is 3.92. The summed E-state index contributed by atoms with van der Waals surface area (Å²) in [5, 5.41) is 0. The van der Waals surface area contributed by atoms with Gasteiger partial charge >= 0.3 is 45.1 Å². The summed E-state index contributed by atoms with van der Waals surface area (Å²) in [6.45, 7) is 0. The number of rotatable bonds is 0. The maximum Gasteiger partial charge on any atom is 2.00 e. The molecule has 0 nitrogen and oxygen atoms in total. The molecule has 3 aromatic carbocycles. The van der Waals surface area contributed by atoms with Gasteiger partial charge in [-0.2, -0.15) is 0 Å². The molecule has 2 fully saturated rings. The quantitative estimate of drug-likeness (QED) is 0.234. The van der Waals surface area contributed by atoms with E-state index in [1.54, 1.807) is 0 Å². The number of benzene rings is 3. The van der Waals surface area contributed by atoms with Gasteiger partial charge in [-0.15, -0.1) is 53.1 Å². The van der Waals surface area contributed by atoms with Gasteiger partial charge in [0.15, 0.2) is 0 Å². The minimum atomic E-state index is 0. The van der Waals surface area contributed by atoms with E-state index in [-0.39, 0.29) is 45.1 Å². The molecule has 0 atom stereocenters. The summed E-state index contributed by atoms with van der Waals surface area (Å²) < 4.78 is 0. The van der Waals surface area contributed by atoms with Gasteiger partial charge in [-0.3, -0.25) is 17.8 Å². The Morgan fingerprint density at radius 2 is 0.500 bits per heavy atom. The van der Waals surface area contributed by atoms with Crippen molar-refractivity contribution in [3.05, 3.63) is 191 Å². The summed E-state index contributed by atoms with van der Waals surface area (Å²) in [6.07, 6.45) is 40.1. The van der Waals surface area contributed by atoms with Crippen LogP contribution in [0.4, 0.5) is 0 Å². The van der Waals surface area contributed by atoms with Crippen molar-refractivity contribution in [3.8, 4) is 17.8 Å². The van der Waals surface area contributed by atoms with Gasteiger partial charge < -0.3 is 19.3 Å². The fraction of sp³-hybridized carbons (Fsp3) is 0. The van der Waals surface area contributed by atoms with Crippen molar-refractivity contribution in [3.63, 3.8) is 0 Å². The molecule has 0 aromatic heterocycles. The molecule has 2 heteroatoms. The molecule has 0 unspecified atom stereocenters. The summed E-state index contributed by atoms with van der Waals surface area (Å²) in [6, 6.07) is 28.1. The summed E-state index contributed by atoms with van der Waals surface area (Å²) in [4.78, 5) is 0. The average Bonchev–Trinajstić information content (AvgIpc) is 3.71. The molecule has 0 spiro atoms. The molecule has 2 aliphatic rings. The van der Waals surface area contributed by atoms with E-state index in [1.165, 1.54) is 0 Å². The van der Waals surface area contributed by atoms with Crippen molar-refractivity contribution < 1.29 is 45.1 Å². The van der Waals surface area contributed by atoms with Crippen LogP contribution in [0.2, 0.25) is 0 Å². The van der Waals surface area contributed by atoms with Gasteiger partial charge in [0, 0.05) is 0 Å². The van der Waals surface area contributed by atoms with E-state index in [0.29, 0.717) is 0 Å². The van der Waals surface area contributed by atoms with Crippen LogP contribution in [-0.2, 0) is 26.2 Å². The Morgan fingerprint density at radius 1 is 0.333 bits per heavy atom. The SMILES string of the molecule is [C-]#Cc1ccccc1.[C-]#Cc1ccccc1.[C-]#Cc1ccccc1.[CH]1[CH][CH][CH][CH]1.[CH]1[CH][CH][CH][CH]1.[Li+].[Zr+2]. The zero-order valence-electron chi connectivity index (χ0n) is 20.4. The number of hydrogen-bond acceptors (Lipinski definition) is 0. The fourth-order valence-electron chi connectivity index (χ4n) is 2.21. The van der Waals surface area contributed by atoms with Gasteiger partial charge in [-0.1, -0.05) is 54.6 Å². The molecular weight excluding hydrogens is 507 g/mol. The standard InChI is InChI=1S/3C8H5.2C5H5.Li.Zr/c3*1-2-8-6-4-3-5-7-8;2*1-2-4-5-3-1;;/h3*3-7H;2*1-5H;;/q3*-1;;;+1;+2. The zero-order valence-corrected chi connectivity index (χ0v) is 22.9. The maximum atomic E-state index is 6.69. The van der Waals surface area contributed by atoms with Crippen LogP contribution in [0.1, 0.15) is 16.7 Å². The molecule has 10 radical (unpaired) electrons. The largest absolute Gasteiger partial charge is 2.00 e. The van der Waals surface area contributed by atoms with Crippen molar-refractivity contribution in [2.24, 2.45) is 0 Å². The van der Waals surface area contributed by atoms with E-state index in [9.17, 15) is 0 Å². The van der Waals surface area contributed by atoms with Gasteiger partial charge in [0.25, 0.3) is 0 Å². The normalized spacial score (nSPS) is 11.9. The van der Waals surface area contributed by atoms with Crippen molar-refractivity contribution in [1.82, 2.24) is 0 Å². The van der Waals surface area contributed by atoms with Crippen LogP contribution >= 0.6 is 0 Å². The topological polar surface area (TPSA) is 0 Å². The Kier molecular flexibility index (Phi) is 27.4. The Balaban J connectivity index is 0. The monoisotopic (exact) mass is 530 g/mol. The molecule has 166 valence electrons. The first-order valence-electron chi connectivity index (χ1n) is 10.6. The molecule has 2 saturated carbocycles. The smallest absolute Gasteiger partial charge is 0.366 e. The molecule has 0 bridgehead atoms. The van der Waals surface area contributed by atoms with E-state index in [1.807, 2.05) is 155 Å². The third-order valence-corrected chi connectivity index (χ3v) is 3.87. The van der Waals surface area contributed by atoms with Gasteiger partial charge in [0.2, 0.25) is 0 Å². The molecule has 0 amide bonds. The molecule has 0 aliphatic heterocycles. The zero-order chi connectivity index (χ0) is 24.5. The second-order valence-corrected chi connectivity index (χ2v) is 6.40. The molecule has 0 heterocycles. The Hall–Kier alpha value is -2.18. The Morgan fingerprint density at radius 3 is 0.611 bits per heavy atom. The van der Waals surface area contributed by atoms with Crippen LogP contribution < -0.4 is 18.9 Å². The van der Waals surface area contributed by atoms with Crippen molar-refractivity contribution in [2.75, 3.05) is 0 Å². The second-order valence-electron chi connectivity index (χ2n) is 6.40. The van der Waals surface area contributed by atoms with E-state index < -0.39 is 0 Å². The minimum Gasteiger partial charge on any atom is -0.366 e. The number of hydrogen-bond donors (Lipinski definition) is 0. The van der Waals surface area contributed by atoms with Crippen molar-refractivity contribution in [1.29, 1.82) is 0 Å².